The molecular formula is C37H43N3O4. The Kier molecular flexibility index (Phi) is 10.8. The number of phenols is 2. The van der Waals surface area contributed by atoms with Gasteiger partial charge in [0.05, 0.1) is 13.2 Å². The molecule has 7 heteroatoms. The highest BCUT2D eigenvalue weighted by atomic mass is 16.5. The zero-order chi connectivity index (χ0) is 30.7. The third kappa shape index (κ3) is 7.95. The number of unbranched alkanes of at least 4 members (excludes halogenated alkanes) is 9. The summed E-state index contributed by atoms with van der Waals surface area (Å²) in [4.78, 5) is 13.6. The van der Waals surface area contributed by atoms with E-state index in [0.29, 0.717) is 24.8 Å². The first-order valence-corrected chi connectivity index (χ1v) is 16.1. The van der Waals surface area contributed by atoms with Crippen molar-refractivity contribution in [1.82, 2.24) is 15.0 Å². The summed E-state index contributed by atoms with van der Waals surface area (Å²) in [6.45, 7) is 4.98. The van der Waals surface area contributed by atoms with Crippen LogP contribution in [0.2, 0.25) is 0 Å². The second-order valence-corrected chi connectivity index (χ2v) is 11.3. The highest BCUT2D eigenvalue weighted by Crippen LogP contribution is 2.40. The number of aromatic hydroxyl groups is 2. The van der Waals surface area contributed by atoms with Gasteiger partial charge in [-0.1, -0.05) is 101 Å². The molecule has 0 aliphatic heterocycles. The average molecular weight is 594 g/mol. The molecule has 2 N–H and O–H groups in total. The highest BCUT2D eigenvalue weighted by Gasteiger charge is 2.19. The van der Waals surface area contributed by atoms with Crippen molar-refractivity contribution in [3.63, 3.8) is 0 Å². The molecule has 0 atom stereocenters. The van der Waals surface area contributed by atoms with Gasteiger partial charge in [0.2, 0.25) is 0 Å². The standard InChI is InChI=1S/C37H43N3O4/c1-3-5-6-7-8-9-10-11-12-15-20-44-31-24-32(41)34(33(42)25-31)36-38-35(39-37(40-36)43-4-2)29-19-18-28-21-26-16-13-14-17-27(26)22-30(28)23-29/h13-14,16-19,21-25,41-42H,3-12,15,20H2,1-2H3. The van der Waals surface area contributed by atoms with Gasteiger partial charge in [-0.3, -0.25) is 0 Å². The van der Waals surface area contributed by atoms with E-state index in [-0.39, 0.29) is 28.9 Å². The van der Waals surface area contributed by atoms with Crippen LogP contribution < -0.4 is 9.47 Å². The maximum Gasteiger partial charge on any atom is 0.320 e. The molecule has 4 aromatic carbocycles. The van der Waals surface area contributed by atoms with Crippen LogP contribution in [0.25, 0.3) is 44.3 Å². The van der Waals surface area contributed by atoms with Crippen molar-refractivity contribution in [1.29, 1.82) is 0 Å². The molecule has 5 rings (SSSR count). The molecule has 0 saturated carbocycles. The summed E-state index contributed by atoms with van der Waals surface area (Å²) in [5.41, 5.74) is 0.875. The van der Waals surface area contributed by atoms with Crippen LogP contribution in [-0.4, -0.2) is 38.4 Å². The van der Waals surface area contributed by atoms with Gasteiger partial charge in [-0.25, -0.2) is 4.98 Å². The van der Waals surface area contributed by atoms with Crippen molar-refractivity contribution in [2.45, 2.75) is 78.1 Å². The fraction of sp³-hybridized carbons (Fsp3) is 0.378. The summed E-state index contributed by atoms with van der Waals surface area (Å²) in [5.74, 6) is 0.558. The Morgan fingerprint density at radius 3 is 1.82 bits per heavy atom. The quantitative estimate of drug-likeness (QED) is 0.0868. The van der Waals surface area contributed by atoms with Crippen LogP contribution >= 0.6 is 0 Å². The minimum absolute atomic E-state index is 0.104. The maximum absolute atomic E-state index is 10.9. The first kappa shape index (κ1) is 31.0. The summed E-state index contributed by atoms with van der Waals surface area (Å²) in [7, 11) is 0. The second-order valence-electron chi connectivity index (χ2n) is 11.3. The van der Waals surface area contributed by atoms with Crippen molar-refractivity contribution >= 4 is 21.5 Å². The largest absolute Gasteiger partial charge is 0.507 e. The molecule has 44 heavy (non-hydrogen) atoms. The van der Waals surface area contributed by atoms with E-state index in [4.69, 9.17) is 9.47 Å². The van der Waals surface area contributed by atoms with Gasteiger partial charge in [0, 0.05) is 17.7 Å². The van der Waals surface area contributed by atoms with Crippen LogP contribution in [0.15, 0.2) is 66.7 Å². The fourth-order valence-corrected chi connectivity index (χ4v) is 5.55. The summed E-state index contributed by atoms with van der Waals surface area (Å²) >= 11 is 0. The molecule has 7 nitrogen and oxygen atoms in total. The minimum atomic E-state index is -0.173. The zero-order valence-electron chi connectivity index (χ0n) is 25.9. The normalized spacial score (nSPS) is 11.3. The van der Waals surface area contributed by atoms with E-state index in [0.717, 1.165) is 34.6 Å². The molecule has 1 heterocycles. The van der Waals surface area contributed by atoms with Crippen LogP contribution in [-0.2, 0) is 0 Å². The number of nitrogens with zero attached hydrogens (tertiary/aromatic N) is 3. The molecule has 0 saturated heterocycles. The van der Waals surface area contributed by atoms with E-state index in [1.165, 1.54) is 68.9 Å². The van der Waals surface area contributed by atoms with E-state index in [2.05, 4.69) is 46.1 Å². The molecule has 0 unspecified atom stereocenters. The van der Waals surface area contributed by atoms with E-state index in [9.17, 15) is 10.2 Å². The summed E-state index contributed by atoms with van der Waals surface area (Å²) in [6, 6.07) is 21.7. The van der Waals surface area contributed by atoms with Gasteiger partial charge in [-0.2, -0.15) is 9.97 Å². The number of hydrogen-bond donors (Lipinski definition) is 2. The Bertz CT molecular complexity index is 1660. The first-order chi connectivity index (χ1) is 21.6. The van der Waals surface area contributed by atoms with E-state index in [1.807, 2.05) is 37.3 Å². The molecule has 0 radical (unpaired) electrons. The molecule has 5 aromatic rings. The molecule has 0 fully saturated rings. The van der Waals surface area contributed by atoms with Gasteiger partial charge >= 0.3 is 6.01 Å². The summed E-state index contributed by atoms with van der Waals surface area (Å²) in [6.07, 6.45) is 12.4. The van der Waals surface area contributed by atoms with Crippen LogP contribution in [0.1, 0.15) is 78.1 Å². The smallest absolute Gasteiger partial charge is 0.320 e. The molecule has 1 aromatic heterocycles. The Morgan fingerprint density at radius 1 is 0.568 bits per heavy atom. The number of phenolic OH excluding ortho intramolecular Hbond substituents is 2. The van der Waals surface area contributed by atoms with E-state index in [1.54, 1.807) is 0 Å². The SMILES string of the molecule is CCCCCCCCCCCCOc1cc(O)c(-c2nc(OCC)nc(-c3ccc4cc5ccccc5cc4c3)n2)c(O)c1. The van der Waals surface area contributed by atoms with Crippen LogP contribution in [0.5, 0.6) is 23.3 Å². The fourth-order valence-electron chi connectivity index (χ4n) is 5.55. The molecule has 0 aliphatic carbocycles. The molecule has 0 amide bonds. The summed E-state index contributed by atoms with van der Waals surface area (Å²) in [5, 5.41) is 26.4. The lowest BCUT2D eigenvalue weighted by molar-refractivity contribution is 0.301. The highest BCUT2D eigenvalue weighted by molar-refractivity contribution is 5.99. The molecule has 230 valence electrons. The third-order valence-corrected chi connectivity index (χ3v) is 7.91. The Morgan fingerprint density at radius 2 is 1.16 bits per heavy atom. The van der Waals surface area contributed by atoms with E-state index >= 15 is 0 Å². The first-order valence-electron chi connectivity index (χ1n) is 16.1. The predicted octanol–water partition coefficient (Wildman–Crippen LogP) is 9.62. The molecular weight excluding hydrogens is 550 g/mol. The van der Waals surface area contributed by atoms with Gasteiger partial charge in [0.25, 0.3) is 0 Å². The van der Waals surface area contributed by atoms with Crippen molar-refractivity contribution in [2.24, 2.45) is 0 Å². The van der Waals surface area contributed by atoms with Crippen LogP contribution in [0.4, 0.5) is 0 Å². The zero-order valence-corrected chi connectivity index (χ0v) is 25.9. The minimum Gasteiger partial charge on any atom is -0.507 e. The number of aromatic nitrogens is 3. The van der Waals surface area contributed by atoms with Crippen molar-refractivity contribution in [2.75, 3.05) is 13.2 Å². The Labute approximate surface area is 259 Å². The van der Waals surface area contributed by atoms with Crippen LogP contribution in [0, 0.1) is 0 Å². The summed E-state index contributed by atoms with van der Waals surface area (Å²) < 4.78 is 11.5. The topological polar surface area (TPSA) is 97.6 Å². The Balaban J connectivity index is 1.28. The van der Waals surface area contributed by atoms with Gasteiger partial charge in [-0.15, -0.1) is 0 Å². The monoisotopic (exact) mass is 593 g/mol. The number of fused-ring (bicyclic) bond motifs is 2. The lowest BCUT2D eigenvalue weighted by Crippen LogP contribution is -2.04. The second kappa shape index (κ2) is 15.4. The van der Waals surface area contributed by atoms with Crippen LogP contribution in [0.3, 0.4) is 0 Å². The predicted molar refractivity (Wildman–Crippen MR) is 178 cm³/mol. The molecule has 0 bridgehead atoms. The van der Waals surface area contributed by atoms with E-state index < -0.39 is 0 Å². The maximum atomic E-state index is 10.9. The number of hydrogen-bond acceptors (Lipinski definition) is 7. The number of ether oxygens (including phenoxy) is 2. The van der Waals surface area contributed by atoms with Gasteiger partial charge < -0.3 is 19.7 Å². The van der Waals surface area contributed by atoms with Gasteiger partial charge in [0.1, 0.15) is 22.8 Å². The van der Waals surface area contributed by atoms with Crippen molar-refractivity contribution in [3.8, 4) is 46.0 Å². The third-order valence-electron chi connectivity index (χ3n) is 7.91. The van der Waals surface area contributed by atoms with Gasteiger partial charge in [-0.05, 0) is 53.1 Å². The Hall–Kier alpha value is -4.39. The lowest BCUT2D eigenvalue weighted by atomic mass is 10.0. The number of benzene rings is 4. The lowest BCUT2D eigenvalue weighted by Gasteiger charge is -2.13. The van der Waals surface area contributed by atoms with Crippen molar-refractivity contribution in [3.05, 3.63) is 66.7 Å². The van der Waals surface area contributed by atoms with Gasteiger partial charge in [0.15, 0.2) is 11.6 Å². The molecule has 0 spiro atoms. The molecule has 0 aliphatic rings. The average Bonchev–Trinajstić information content (AvgIpc) is 3.02. The van der Waals surface area contributed by atoms with Crippen molar-refractivity contribution < 1.29 is 19.7 Å². The number of rotatable bonds is 16.